The van der Waals surface area contributed by atoms with Crippen LogP contribution in [0.4, 0.5) is 10.6 Å². The van der Waals surface area contributed by atoms with Crippen LogP contribution < -0.4 is 15.4 Å². The number of fused-ring (bicyclic) bond motifs is 1. The van der Waals surface area contributed by atoms with Crippen molar-refractivity contribution in [2.75, 3.05) is 11.9 Å². The van der Waals surface area contributed by atoms with Crippen molar-refractivity contribution < 1.29 is 14.1 Å². The van der Waals surface area contributed by atoms with Crippen LogP contribution in [0.25, 0.3) is 11.1 Å². The molecule has 132 valence electrons. The van der Waals surface area contributed by atoms with E-state index in [2.05, 4.69) is 40.1 Å². The van der Waals surface area contributed by atoms with E-state index in [1.807, 2.05) is 18.2 Å². The molecule has 0 spiro atoms. The molecule has 1 aromatic heterocycles. The fraction of sp³-hybridized carbons (Fsp3) is 0.200. The van der Waals surface area contributed by atoms with Gasteiger partial charge in [-0.2, -0.15) is 0 Å². The van der Waals surface area contributed by atoms with E-state index in [1.54, 1.807) is 13.0 Å². The van der Waals surface area contributed by atoms with Crippen molar-refractivity contribution in [1.29, 1.82) is 0 Å². The van der Waals surface area contributed by atoms with Crippen molar-refractivity contribution in [1.82, 2.24) is 10.5 Å². The van der Waals surface area contributed by atoms with Gasteiger partial charge in [0.25, 0.3) is 0 Å². The van der Waals surface area contributed by atoms with Crippen LogP contribution >= 0.6 is 0 Å². The van der Waals surface area contributed by atoms with Crippen LogP contribution in [-0.2, 0) is 13.0 Å². The van der Waals surface area contributed by atoms with Crippen molar-refractivity contribution in [2.24, 2.45) is 0 Å². The highest BCUT2D eigenvalue weighted by molar-refractivity contribution is 5.88. The summed E-state index contributed by atoms with van der Waals surface area (Å²) in [5, 5.41) is 9.15. The lowest BCUT2D eigenvalue weighted by atomic mass is 10.0. The SMILES string of the molecule is Cc1cc(NC(=O)NCc2ccc(-c3ccc4c(c3)CCO4)cc2)no1. The molecule has 0 saturated carbocycles. The lowest BCUT2D eigenvalue weighted by molar-refractivity contribution is 0.251. The molecule has 26 heavy (non-hydrogen) atoms. The van der Waals surface area contributed by atoms with Gasteiger partial charge in [0.05, 0.1) is 6.61 Å². The van der Waals surface area contributed by atoms with E-state index < -0.39 is 0 Å². The highest BCUT2D eigenvalue weighted by atomic mass is 16.5. The number of aromatic nitrogens is 1. The number of rotatable bonds is 4. The first-order valence-electron chi connectivity index (χ1n) is 8.50. The van der Waals surface area contributed by atoms with Gasteiger partial charge in [-0.25, -0.2) is 4.79 Å². The van der Waals surface area contributed by atoms with Crippen molar-refractivity contribution in [3.8, 4) is 16.9 Å². The van der Waals surface area contributed by atoms with Gasteiger partial charge < -0.3 is 14.6 Å². The van der Waals surface area contributed by atoms with E-state index in [4.69, 9.17) is 9.26 Å². The number of hydrogen-bond donors (Lipinski definition) is 2. The molecule has 0 bridgehead atoms. The number of urea groups is 1. The largest absolute Gasteiger partial charge is 0.493 e. The van der Waals surface area contributed by atoms with Crippen molar-refractivity contribution >= 4 is 11.8 Å². The molecular formula is C20H19N3O3. The zero-order chi connectivity index (χ0) is 17.9. The summed E-state index contributed by atoms with van der Waals surface area (Å²) in [5.74, 6) is 2.04. The summed E-state index contributed by atoms with van der Waals surface area (Å²) in [5.41, 5.74) is 4.59. The zero-order valence-corrected chi connectivity index (χ0v) is 14.4. The average molecular weight is 349 g/mol. The van der Waals surface area contributed by atoms with Gasteiger partial charge in [0.15, 0.2) is 5.82 Å². The molecule has 0 fully saturated rings. The molecule has 2 amide bonds. The van der Waals surface area contributed by atoms with Gasteiger partial charge in [0, 0.05) is 19.0 Å². The maximum Gasteiger partial charge on any atom is 0.320 e. The number of ether oxygens (including phenoxy) is 1. The van der Waals surface area contributed by atoms with E-state index in [9.17, 15) is 4.79 Å². The third-order valence-electron chi connectivity index (χ3n) is 4.30. The highest BCUT2D eigenvalue weighted by Crippen LogP contribution is 2.30. The summed E-state index contributed by atoms with van der Waals surface area (Å²) in [6.45, 7) is 2.96. The number of carbonyl (C=O) groups excluding carboxylic acids is 1. The number of amides is 2. The van der Waals surface area contributed by atoms with Crippen molar-refractivity contribution in [3.05, 3.63) is 65.4 Å². The number of carbonyl (C=O) groups is 1. The molecular weight excluding hydrogens is 330 g/mol. The molecule has 1 aliphatic rings. The molecule has 2 heterocycles. The molecule has 6 heteroatoms. The Morgan fingerprint density at radius 1 is 1.12 bits per heavy atom. The van der Waals surface area contributed by atoms with Crippen LogP contribution in [0.1, 0.15) is 16.9 Å². The average Bonchev–Trinajstić information content (AvgIpc) is 3.28. The summed E-state index contributed by atoms with van der Waals surface area (Å²) < 4.78 is 10.5. The number of nitrogens with one attached hydrogen (secondary N) is 2. The standard InChI is InChI=1S/C20H19N3O3/c1-13-10-19(23-26-13)22-20(24)21-12-14-2-4-15(5-3-14)16-6-7-18-17(11-16)8-9-25-18/h2-7,10-11H,8-9,12H2,1H3,(H2,21,22,23,24). The lowest BCUT2D eigenvalue weighted by Crippen LogP contribution is -2.28. The number of aryl methyl sites for hydroxylation is 1. The fourth-order valence-electron chi connectivity index (χ4n) is 2.95. The van der Waals surface area contributed by atoms with Gasteiger partial charge >= 0.3 is 6.03 Å². The Balaban J connectivity index is 1.36. The summed E-state index contributed by atoms with van der Waals surface area (Å²) in [6.07, 6.45) is 0.964. The zero-order valence-electron chi connectivity index (χ0n) is 14.4. The first-order valence-corrected chi connectivity index (χ1v) is 8.50. The van der Waals surface area contributed by atoms with Gasteiger partial charge in [0.2, 0.25) is 0 Å². The van der Waals surface area contributed by atoms with E-state index in [0.29, 0.717) is 18.1 Å². The number of hydrogen-bond acceptors (Lipinski definition) is 4. The number of benzene rings is 2. The minimum atomic E-state index is -0.319. The molecule has 0 saturated heterocycles. The Morgan fingerprint density at radius 3 is 2.69 bits per heavy atom. The molecule has 0 unspecified atom stereocenters. The van der Waals surface area contributed by atoms with Crippen LogP contribution in [0.2, 0.25) is 0 Å². The lowest BCUT2D eigenvalue weighted by Gasteiger charge is -2.08. The minimum absolute atomic E-state index is 0.319. The second kappa shape index (κ2) is 6.92. The maximum atomic E-state index is 11.9. The third-order valence-corrected chi connectivity index (χ3v) is 4.30. The minimum Gasteiger partial charge on any atom is -0.493 e. The van der Waals surface area contributed by atoms with Crippen LogP contribution in [0.5, 0.6) is 5.75 Å². The molecule has 2 N–H and O–H groups in total. The van der Waals surface area contributed by atoms with Crippen LogP contribution in [0.3, 0.4) is 0 Å². The Kier molecular flexibility index (Phi) is 4.31. The molecule has 0 radical (unpaired) electrons. The van der Waals surface area contributed by atoms with E-state index in [1.165, 1.54) is 11.1 Å². The van der Waals surface area contributed by atoms with Crippen LogP contribution in [0.15, 0.2) is 53.1 Å². The van der Waals surface area contributed by atoms with E-state index >= 15 is 0 Å². The second-order valence-corrected chi connectivity index (χ2v) is 6.25. The Labute approximate surface area is 151 Å². The molecule has 0 atom stereocenters. The second-order valence-electron chi connectivity index (χ2n) is 6.25. The first-order chi connectivity index (χ1) is 12.7. The van der Waals surface area contributed by atoms with Gasteiger partial charge in [0.1, 0.15) is 11.5 Å². The smallest absolute Gasteiger partial charge is 0.320 e. The summed E-state index contributed by atoms with van der Waals surface area (Å²) in [4.78, 5) is 11.9. The molecule has 3 aromatic rings. The number of anilines is 1. The Bertz CT molecular complexity index is 932. The highest BCUT2D eigenvalue weighted by Gasteiger charge is 2.12. The predicted molar refractivity (Wildman–Crippen MR) is 98.2 cm³/mol. The molecule has 0 aliphatic carbocycles. The monoisotopic (exact) mass is 349 g/mol. The van der Waals surface area contributed by atoms with Gasteiger partial charge in [-0.05, 0) is 41.3 Å². The quantitative estimate of drug-likeness (QED) is 0.749. The van der Waals surface area contributed by atoms with Gasteiger partial charge in [-0.3, -0.25) is 5.32 Å². The molecule has 2 aromatic carbocycles. The van der Waals surface area contributed by atoms with Gasteiger partial charge in [-0.1, -0.05) is 35.5 Å². The maximum absolute atomic E-state index is 11.9. The summed E-state index contributed by atoms with van der Waals surface area (Å²) >= 11 is 0. The topological polar surface area (TPSA) is 76.4 Å². The van der Waals surface area contributed by atoms with Gasteiger partial charge in [-0.15, -0.1) is 0 Å². The van der Waals surface area contributed by atoms with Crippen molar-refractivity contribution in [3.63, 3.8) is 0 Å². The normalized spacial score (nSPS) is 12.3. The van der Waals surface area contributed by atoms with Crippen LogP contribution in [0, 0.1) is 6.92 Å². The summed E-state index contributed by atoms with van der Waals surface area (Å²) in [7, 11) is 0. The molecule has 6 nitrogen and oxygen atoms in total. The molecule has 1 aliphatic heterocycles. The van der Waals surface area contributed by atoms with E-state index in [-0.39, 0.29) is 6.03 Å². The fourth-order valence-corrected chi connectivity index (χ4v) is 2.95. The van der Waals surface area contributed by atoms with E-state index in [0.717, 1.165) is 29.9 Å². The predicted octanol–water partition coefficient (Wildman–Crippen LogP) is 3.91. The van der Waals surface area contributed by atoms with Crippen molar-refractivity contribution in [2.45, 2.75) is 19.9 Å². The first kappa shape index (κ1) is 16.2. The Hall–Kier alpha value is -3.28. The summed E-state index contributed by atoms with van der Waals surface area (Å²) in [6, 6.07) is 15.8. The third kappa shape index (κ3) is 3.54. The Morgan fingerprint density at radius 2 is 1.92 bits per heavy atom. The molecule has 4 rings (SSSR count). The van der Waals surface area contributed by atoms with Crippen LogP contribution in [-0.4, -0.2) is 17.8 Å². The number of nitrogens with zero attached hydrogens (tertiary/aromatic N) is 1.